The third kappa shape index (κ3) is 2.31. The van der Waals surface area contributed by atoms with Crippen LogP contribution in [0, 0.1) is 0 Å². The second kappa shape index (κ2) is 5.38. The van der Waals surface area contributed by atoms with Crippen LogP contribution in [0.25, 0.3) is 22.4 Å². The van der Waals surface area contributed by atoms with Crippen LogP contribution >= 0.6 is 0 Å². The van der Waals surface area contributed by atoms with Gasteiger partial charge in [0.05, 0.1) is 5.69 Å². The van der Waals surface area contributed by atoms with Gasteiger partial charge in [-0.1, -0.05) is 6.07 Å². The van der Waals surface area contributed by atoms with Gasteiger partial charge in [-0.15, -0.1) is 0 Å². The summed E-state index contributed by atoms with van der Waals surface area (Å²) in [6, 6.07) is 10.5. The van der Waals surface area contributed by atoms with Crippen molar-refractivity contribution >= 4 is 16.9 Å². The van der Waals surface area contributed by atoms with Crippen LogP contribution in [0.5, 0.6) is 0 Å². The summed E-state index contributed by atoms with van der Waals surface area (Å²) in [4.78, 5) is 11.4. The number of piperazine rings is 1. The van der Waals surface area contributed by atoms with Gasteiger partial charge in [-0.3, -0.25) is 5.10 Å². The fourth-order valence-electron chi connectivity index (χ4n) is 2.92. The summed E-state index contributed by atoms with van der Waals surface area (Å²) < 4.78 is 0. The van der Waals surface area contributed by atoms with Crippen molar-refractivity contribution in [3.05, 3.63) is 36.5 Å². The highest BCUT2D eigenvalue weighted by molar-refractivity contribution is 5.89. The summed E-state index contributed by atoms with van der Waals surface area (Å²) in [5, 5.41) is 11.8. The van der Waals surface area contributed by atoms with Crippen LogP contribution in [0.3, 0.4) is 0 Å². The number of aromatic amines is 1. The predicted octanol–water partition coefficient (Wildman–Crippen LogP) is 1.82. The summed E-state index contributed by atoms with van der Waals surface area (Å²) in [5.74, 6) is 1.01. The summed E-state index contributed by atoms with van der Waals surface area (Å²) in [7, 11) is 0. The second-order valence-electron chi connectivity index (χ2n) is 5.65. The van der Waals surface area contributed by atoms with E-state index in [0.29, 0.717) is 6.04 Å². The normalized spacial score (nSPS) is 18.8. The topological polar surface area (TPSA) is 69.7 Å². The monoisotopic (exact) mass is 294 g/mol. The zero-order valence-electron chi connectivity index (χ0n) is 12.5. The van der Waals surface area contributed by atoms with Crippen molar-refractivity contribution in [2.45, 2.75) is 13.0 Å². The van der Waals surface area contributed by atoms with Crippen LogP contribution in [0.15, 0.2) is 36.5 Å². The van der Waals surface area contributed by atoms with Crippen molar-refractivity contribution in [1.29, 1.82) is 0 Å². The first-order valence-corrected chi connectivity index (χ1v) is 7.56. The first kappa shape index (κ1) is 13.2. The number of fused-ring (bicyclic) bond motifs is 1. The molecule has 1 saturated heterocycles. The Morgan fingerprint density at radius 3 is 3.09 bits per heavy atom. The first-order chi connectivity index (χ1) is 10.8. The molecule has 1 fully saturated rings. The maximum Gasteiger partial charge on any atom is 0.155 e. The molecule has 6 heteroatoms. The molecule has 0 bridgehead atoms. The van der Waals surface area contributed by atoms with Crippen LogP contribution in [0.4, 0.5) is 5.82 Å². The number of pyridine rings is 2. The van der Waals surface area contributed by atoms with E-state index in [4.69, 9.17) is 4.98 Å². The molecule has 6 nitrogen and oxygen atoms in total. The van der Waals surface area contributed by atoms with E-state index in [9.17, 15) is 0 Å². The predicted molar refractivity (Wildman–Crippen MR) is 86.8 cm³/mol. The number of nitrogens with zero attached hydrogens (tertiary/aromatic N) is 4. The number of H-pyrrole nitrogens is 1. The zero-order valence-corrected chi connectivity index (χ0v) is 12.5. The van der Waals surface area contributed by atoms with Crippen LogP contribution in [-0.4, -0.2) is 45.8 Å². The molecule has 3 aromatic heterocycles. The molecule has 0 aliphatic carbocycles. The molecule has 0 radical (unpaired) electrons. The van der Waals surface area contributed by atoms with Gasteiger partial charge in [0.25, 0.3) is 0 Å². The van der Waals surface area contributed by atoms with Gasteiger partial charge in [-0.05, 0) is 31.2 Å². The molecule has 0 unspecified atom stereocenters. The minimum absolute atomic E-state index is 0.481. The van der Waals surface area contributed by atoms with E-state index in [1.54, 1.807) is 6.20 Å². The van der Waals surface area contributed by atoms with E-state index in [2.05, 4.69) is 38.4 Å². The van der Waals surface area contributed by atoms with E-state index in [1.807, 2.05) is 24.3 Å². The van der Waals surface area contributed by atoms with E-state index in [1.165, 1.54) is 0 Å². The zero-order chi connectivity index (χ0) is 14.9. The SMILES string of the molecule is C[C@@H]1CN(c2cccc(-c3n[nH]c4ncccc34)n2)CCN1. The van der Waals surface area contributed by atoms with Gasteiger partial charge < -0.3 is 10.2 Å². The highest BCUT2D eigenvalue weighted by atomic mass is 15.2. The van der Waals surface area contributed by atoms with Crippen molar-refractivity contribution in [1.82, 2.24) is 25.5 Å². The third-order valence-electron chi connectivity index (χ3n) is 4.01. The van der Waals surface area contributed by atoms with Gasteiger partial charge >= 0.3 is 0 Å². The van der Waals surface area contributed by atoms with Gasteiger partial charge in [0.1, 0.15) is 11.5 Å². The standard InChI is InChI=1S/C16H18N6/c1-11-10-22(9-8-17-11)14-6-2-5-13(19-14)15-12-4-3-7-18-16(12)21-20-15/h2-7,11,17H,8-10H2,1H3,(H,18,20,21)/t11-/m1/s1. The Morgan fingerprint density at radius 1 is 1.23 bits per heavy atom. The summed E-state index contributed by atoms with van der Waals surface area (Å²) >= 11 is 0. The first-order valence-electron chi connectivity index (χ1n) is 7.56. The van der Waals surface area contributed by atoms with Gasteiger partial charge in [0.15, 0.2) is 5.65 Å². The molecule has 0 amide bonds. The third-order valence-corrected chi connectivity index (χ3v) is 4.01. The Hall–Kier alpha value is -2.47. The lowest BCUT2D eigenvalue weighted by Gasteiger charge is -2.32. The average Bonchev–Trinajstić information content (AvgIpc) is 2.99. The number of hydrogen-bond donors (Lipinski definition) is 2. The molecule has 1 aliphatic rings. The molecule has 3 aromatic rings. The lowest BCUT2D eigenvalue weighted by Crippen LogP contribution is -2.49. The molecular weight excluding hydrogens is 276 g/mol. The smallest absolute Gasteiger partial charge is 0.155 e. The van der Waals surface area contributed by atoms with E-state index >= 15 is 0 Å². The fourth-order valence-corrected chi connectivity index (χ4v) is 2.92. The average molecular weight is 294 g/mol. The van der Waals surface area contributed by atoms with Crippen LogP contribution in [0.2, 0.25) is 0 Å². The van der Waals surface area contributed by atoms with Gasteiger partial charge in [0, 0.05) is 37.3 Å². The number of aromatic nitrogens is 4. The Kier molecular flexibility index (Phi) is 3.23. The molecule has 2 N–H and O–H groups in total. The molecule has 0 spiro atoms. The Morgan fingerprint density at radius 2 is 2.18 bits per heavy atom. The Labute approximate surface area is 128 Å². The highest BCUT2D eigenvalue weighted by Gasteiger charge is 2.18. The molecule has 22 heavy (non-hydrogen) atoms. The minimum Gasteiger partial charge on any atom is -0.354 e. The quantitative estimate of drug-likeness (QED) is 0.754. The number of hydrogen-bond acceptors (Lipinski definition) is 5. The van der Waals surface area contributed by atoms with Crippen molar-refractivity contribution in [2.24, 2.45) is 0 Å². The molecule has 112 valence electrons. The molecular formula is C16H18N6. The largest absolute Gasteiger partial charge is 0.354 e. The van der Waals surface area contributed by atoms with E-state index < -0.39 is 0 Å². The van der Waals surface area contributed by atoms with E-state index in [0.717, 1.165) is 47.9 Å². The number of anilines is 1. The van der Waals surface area contributed by atoms with E-state index in [-0.39, 0.29) is 0 Å². The summed E-state index contributed by atoms with van der Waals surface area (Å²) in [6.45, 7) is 5.13. The Balaban J connectivity index is 1.72. The van der Waals surface area contributed by atoms with Crippen LogP contribution in [-0.2, 0) is 0 Å². The van der Waals surface area contributed by atoms with Crippen molar-refractivity contribution in [3.8, 4) is 11.4 Å². The van der Waals surface area contributed by atoms with Crippen molar-refractivity contribution in [2.75, 3.05) is 24.5 Å². The highest BCUT2D eigenvalue weighted by Crippen LogP contribution is 2.25. The number of nitrogens with one attached hydrogen (secondary N) is 2. The lowest BCUT2D eigenvalue weighted by molar-refractivity contribution is 0.482. The van der Waals surface area contributed by atoms with Gasteiger partial charge in [-0.25, -0.2) is 9.97 Å². The molecule has 4 heterocycles. The maximum atomic E-state index is 4.81. The maximum absolute atomic E-state index is 4.81. The number of rotatable bonds is 2. The molecule has 0 aromatic carbocycles. The van der Waals surface area contributed by atoms with Crippen LogP contribution in [0.1, 0.15) is 6.92 Å². The molecule has 4 rings (SSSR count). The summed E-state index contributed by atoms with van der Waals surface area (Å²) in [6.07, 6.45) is 1.76. The Bertz CT molecular complexity index is 796. The van der Waals surface area contributed by atoms with Gasteiger partial charge in [0.2, 0.25) is 0 Å². The molecule has 1 atom stereocenters. The van der Waals surface area contributed by atoms with Crippen molar-refractivity contribution in [3.63, 3.8) is 0 Å². The van der Waals surface area contributed by atoms with Crippen molar-refractivity contribution < 1.29 is 0 Å². The minimum atomic E-state index is 0.481. The van der Waals surface area contributed by atoms with Gasteiger partial charge in [-0.2, -0.15) is 5.10 Å². The summed E-state index contributed by atoms with van der Waals surface area (Å²) in [5.41, 5.74) is 2.52. The lowest BCUT2D eigenvalue weighted by atomic mass is 10.2. The fraction of sp³-hybridized carbons (Fsp3) is 0.312. The molecule has 0 saturated carbocycles. The second-order valence-corrected chi connectivity index (χ2v) is 5.65. The molecule has 1 aliphatic heterocycles. The van der Waals surface area contributed by atoms with Crippen LogP contribution < -0.4 is 10.2 Å².